The fourth-order valence-corrected chi connectivity index (χ4v) is 3.77. The summed E-state index contributed by atoms with van der Waals surface area (Å²) in [4.78, 5) is 2.72. The summed E-state index contributed by atoms with van der Waals surface area (Å²) in [6, 6.07) is 0.500. The molecule has 3 atom stereocenters. The molecule has 18 heavy (non-hydrogen) atoms. The zero-order valence-electron chi connectivity index (χ0n) is 12.6. The Kier molecular flexibility index (Phi) is 4.71. The lowest BCUT2D eigenvalue weighted by molar-refractivity contribution is 0.135. The minimum absolute atomic E-state index is 0.392. The molecule has 0 spiro atoms. The zero-order chi connectivity index (χ0) is 13.2. The highest BCUT2D eigenvalue weighted by Crippen LogP contribution is 2.42. The summed E-state index contributed by atoms with van der Waals surface area (Å²) in [7, 11) is 0. The van der Waals surface area contributed by atoms with E-state index >= 15 is 0 Å². The van der Waals surface area contributed by atoms with Gasteiger partial charge in [0.1, 0.15) is 0 Å². The second-order valence-electron chi connectivity index (χ2n) is 7.21. The quantitative estimate of drug-likeness (QED) is 0.704. The van der Waals surface area contributed by atoms with Gasteiger partial charge in [-0.25, -0.2) is 0 Å². The van der Waals surface area contributed by atoms with E-state index in [2.05, 4.69) is 25.7 Å². The fourth-order valence-electron chi connectivity index (χ4n) is 3.77. The lowest BCUT2D eigenvalue weighted by Crippen LogP contribution is -2.46. The van der Waals surface area contributed by atoms with Crippen molar-refractivity contribution in [3.63, 3.8) is 0 Å². The van der Waals surface area contributed by atoms with Crippen LogP contribution in [0.25, 0.3) is 0 Å². The molecule has 106 valence electrons. The van der Waals surface area contributed by atoms with Gasteiger partial charge in [-0.15, -0.1) is 0 Å². The fraction of sp³-hybridized carbons (Fsp3) is 1.00. The third-order valence-electron chi connectivity index (χ3n) is 5.36. The maximum atomic E-state index is 6.10. The Bertz CT molecular complexity index is 262. The zero-order valence-corrected chi connectivity index (χ0v) is 12.6. The van der Waals surface area contributed by atoms with Crippen molar-refractivity contribution in [3.8, 4) is 0 Å². The summed E-state index contributed by atoms with van der Waals surface area (Å²) < 4.78 is 0. The van der Waals surface area contributed by atoms with Crippen LogP contribution >= 0.6 is 0 Å². The predicted octanol–water partition coefficient (Wildman–Crippen LogP) is 3.40. The highest BCUT2D eigenvalue weighted by molar-refractivity contribution is 5.03. The van der Waals surface area contributed by atoms with Crippen molar-refractivity contribution in [2.45, 2.75) is 77.3 Å². The minimum atomic E-state index is 0.392. The second kappa shape index (κ2) is 5.92. The van der Waals surface area contributed by atoms with Gasteiger partial charge >= 0.3 is 0 Å². The van der Waals surface area contributed by atoms with Crippen molar-refractivity contribution in [1.29, 1.82) is 0 Å². The number of nitrogens with zero attached hydrogens (tertiary/aromatic N) is 1. The van der Waals surface area contributed by atoms with Gasteiger partial charge in [0.15, 0.2) is 0 Å². The van der Waals surface area contributed by atoms with Gasteiger partial charge < -0.3 is 5.73 Å². The summed E-state index contributed by atoms with van der Waals surface area (Å²) >= 11 is 0. The van der Waals surface area contributed by atoms with Crippen LogP contribution in [0.3, 0.4) is 0 Å². The van der Waals surface area contributed by atoms with Gasteiger partial charge in [-0.2, -0.15) is 0 Å². The van der Waals surface area contributed by atoms with E-state index in [9.17, 15) is 0 Å². The van der Waals surface area contributed by atoms with Gasteiger partial charge in [-0.3, -0.25) is 4.90 Å². The van der Waals surface area contributed by atoms with Gasteiger partial charge in [-0.05, 0) is 38.5 Å². The van der Waals surface area contributed by atoms with E-state index in [4.69, 9.17) is 5.73 Å². The van der Waals surface area contributed by atoms with Crippen molar-refractivity contribution < 1.29 is 0 Å². The molecule has 1 heterocycles. The average molecular weight is 252 g/mol. The number of likely N-dealkylation sites (tertiary alicyclic amines) is 1. The molecule has 2 aliphatic rings. The molecule has 1 aliphatic heterocycles. The molecule has 0 amide bonds. The van der Waals surface area contributed by atoms with Gasteiger partial charge in [-0.1, -0.05) is 39.0 Å². The standard InChI is InChI=1S/C16H32N2/c1-4-5-6-7-8-9-16(2,3)18-11-13-10-15(17)14(13)12-18/h13-15H,4-12,17H2,1-3H3. The van der Waals surface area contributed by atoms with Crippen LogP contribution in [0.1, 0.15) is 65.7 Å². The Labute approximate surface area is 113 Å². The van der Waals surface area contributed by atoms with E-state index < -0.39 is 0 Å². The van der Waals surface area contributed by atoms with Crippen LogP contribution in [0, 0.1) is 11.8 Å². The molecule has 0 aromatic heterocycles. The van der Waals surface area contributed by atoms with E-state index in [1.807, 2.05) is 0 Å². The van der Waals surface area contributed by atoms with Gasteiger partial charge in [0.05, 0.1) is 0 Å². The molecule has 2 heteroatoms. The van der Waals surface area contributed by atoms with Crippen LogP contribution in [-0.4, -0.2) is 29.6 Å². The first-order chi connectivity index (χ1) is 8.54. The third kappa shape index (κ3) is 3.08. The Balaban J connectivity index is 1.70. The summed E-state index contributed by atoms with van der Waals surface area (Å²) in [6.45, 7) is 9.72. The van der Waals surface area contributed by atoms with Crippen molar-refractivity contribution in [3.05, 3.63) is 0 Å². The number of unbranched alkanes of at least 4 members (excludes halogenated alkanes) is 4. The molecule has 1 saturated carbocycles. The maximum absolute atomic E-state index is 6.10. The number of nitrogens with two attached hydrogens (primary N) is 1. The lowest BCUT2D eigenvalue weighted by atomic mass is 9.72. The van der Waals surface area contributed by atoms with Crippen LogP contribution < -0.4 is 5.73 Å². The Hall–Kier alpha value is -0.0800. The molecule has 0 radical (unpaired) electrons. The van der Waals surface area contributed by atoms with E-state index in [0.29, 0.717) is 11.6 Å². The van der Waals surface area contributed by atoms with Crippen molar-refractivity contribution in [2.75, 3.05) is 13.1 Å². The van der Waals surface area contributed by atoms with E-state index in [0.717, 1.165) is 11.8 Å². The lowest BCUT2D eigenvalue weighted by Gasteiger charge is -2.36. The van der Waals surface area contributed by atoms with E-state index in [1.54, 1.807) is 0 Å². The van der Waals surface area contributed by atoms with Crippen LogP contribution in [0.4, 0.5) is 0 Å². The molecule has 3 unspecified atom stereocenters. The number of hydrogen-bond acceptors (Lipinski definition) is 2. The Morgan fingerprint density at radius 3 is 2.44 bits per heavy atom. The number of hydrogen-bond donors (Lipinski definition) is 1. The Morgan fingerprint density at radius 1 is 1.11 bits per heavy atom. The highest BCUT2D eigenvalue weighted by Gasteiger charge is 2.48. The average Bonchev–Trinajstić information content (AvgIpc) is 2.67. The van der Waals surface area contributed by atoms with Crippen LogP contribution in [-0.2, 0) is 0 Å². The highest BCUT2D eigenvalue weighted by atomic mass is 15.2. The summed E-state index contributed by atoms with van der Waals surface area (Å²) in [5.74, 6) is 1.73. The first-order valence-corrected chi connectivity index (χ1v) is 8.05. The summed E-state index contributed by atoms with van der Waals surface area (Å²) in [6.07, 6.45) is 9.60. The first kappa shape index (κ1) is 14.3. The SMILES string of the molecule is CCCCCCCC(C)(C)N1CC2CC(N)C2C1. The van der Waals surface area contributed by atoms with Crippen molar-refractivity contribution >= 4 is 0 Å². The van der Waals surface area contributed by atoms with Crippen LogP contribution in [0.5, 0.6) is 0 Å². The monoisotopic (exact) mass is 252 g/mol. The van der Waals surface area contributed by atoms with Crippen molar-refractivity contribution in [1.82, 2.24) is 4.90 Å². The maximum Gasteiger partial charge on any atom is 0.0153 e. The molecule has 2 nitrogen and oxygen atoms in total. The molecule has 0 aromatic carbocycles. The van der Waals surface area contributed by atoms with Gasteiger partial charge in [0.25, 0.3) is 0 Å². The number of fused-ring (bicyclic) bond motifs is 1. The van der Waals surface area contributed by atoms with E-state index in [-0.39, 0.29) is 0 Å². The predicted molar refractivity (Wildman–Crippen MR) is 78.6 cm³/mol. The first-order valence-electron chi connectivity index (χ1n) is 8.05. The molecule has 2 N–H and O–H groups in total. The minimum Gasteiger partial charge on any atom is -0.327 e. The molecule has 2 rings (SSSR count). The largest absolute Gasteiger partial charge is 0.327 e. The second-order valence-corrected chi connectivity index (χ2v) is 7.21. The van der Waals surface area contributed by atoms with Crippen molar-refractivity contribution in [2.24, 2.45) is 17.6 Å². The van der Waals surface area contributed by atoms with E-state index in [1.165, 1.54) is 58.0 Å². The van der Waals surface area contributed by atoms with Crippen LogP contribution in [0.2, 0.25) is 0 Å². The molecule has 1 saturated heterocycles. The molecular formula is C16H32N2. The molecule has 0 aromatic rings. The summed E-state index contributed by atoms with van der Waals surface area (Å²) in [5.41, 5.74) is 6.49. The van der Waals surface area contributed by atoms with Gasteiger partial charge in [0, 0.05) is 24.7 Å². The topological polar surface area (TPSA) is 29.3 Å². The molecule has 0 bridgehead atoms. The molecular weight excluding hydrogens is 220 g/mol. The van der Waals surface area contributed by atoms with Gasteiger partial charge in [0.2, 0.25) is 0 Å². The van der Waals surface area contributed by atoms with Crippen LogP contribution in [0.15, 0.2) is 0 Å². The summed E-state index contributed by atoms with van der Waals surface area (Å²) in [5, 5.41) is 0. The molecule has 1 aliphatic carbocycles. The normalized spacial score (nSPS) is 32.3. The third-order valence-corrected chi connectivity index (χ3v) is 5.36. The smallest absolute Gasteiger partial charge is 0.0153 e. The number of rotatable bonds is 7. The molecule has 2 fully saturated rings. The Morgan fingerprint density at radius 2 is 1.83 bits per heavy atom.